The van der Waals surface area contributed by atoms with Gasteiger partial charge >= 0.3 is 21.1 Å². The van der Waals surface area contributed by atoms with Crippen LogP contribution in [-0.4, -0.2) is 57.0 Å². The Morgan fingerprint density at radius 3 is 1.08 bits per heavy atom. The van der Waals surface area contributed by atoms with Crippen LogP contribution in [-0.2, 0) is 25.7 Å². The first kappa shape index (κ1) is 44.2. The van der Waals surface area contributed by atoms with Gasteiger partial charge in [-0.15, -0.1) is 0 Å². The van der Waals surface area contributed by atoms with Gasteiger partial charge in [0, 0.05) is 7.26 Å². The molecule has 0 unspecified atom stereocenters. The summed E-state index contributed by atoms with van der Waals surface area (Å²) >= 11 is 0. The molecule has 0 amide bonds. The maximum Gasteiger partial charge on any atom is 0.522 e. The number of rotatable bonds is 4. The maximum atomic E-state index is 10.7. The van der Waals surface area contributed by atoms with Crippen LogP contribution in [0, 0.1) is 0 Å². The third kappa shape index (κ3) is 15.7. The van der Waals surface area contributed by atoms with E-state index in [2.05, 4.69) is 156 Å². The van der Waals surface area contributed by atoms with E-state index in [1.54, 1.807) is 0 Å². The summed E-state index contributed by atoms with van der Waals surface area (Å²) in [5.74, 6) is 0. The Morgan fingerprint density at radius 1 is 0.571 bits per heavy atom. The molecule has 6 nitrogen and oxygen atoms in total. The molecule has 0 spiro atoms. The number of halogens is 6. The monoisotopic (exact) mass is 770 g/mol. The van der Waals surface area contributed by atoms with Crippen LogP contribution in [0.15, 0.2) is 115 Å². The number of benzene rings is 4. The molecule has 0 aliphatic carbocycles. The third-order valence-corrected chi connectivity index (χ3v) is 11.6. The summed E-state index contributed by atoms with van der Waals surface area (Å²) in [5.41, 5.74) is -9.60. The summed E-state index contributed by atoms with van der Waals surface area (Å²) in [4.78, 5) is 0. The Bertz CT molecular complexity index is 1690. The van der Waals surface area contributed by atoms with Crippen molar-refractivity contribution in [2.75, 3.05) is 20.0 Å². The van der Waals surface area contributed by atoms with Crippen LogP contribution in [0.5, 0.6) is 0 Å². The predicted octanol–water partition coefficient (Wildman–Crippen LogP) is 7.41. The molecule has 0 saturated heterocycles. The van der Waals surface area contributed by atoms with Crippen molar-refractivity contribution in [2.45, 2.75) is 37.2 Å². The molecular weight excluding hydrogens is 732 g/mol. The van der Waals surface area contributed by atoms with Crippen LogP contribution >= 0.6 is 15.2 Å². The van der Waals surface area contributed by atoms with Crippen LogP contribution in [0.3, 0.4) is 0 Å². The van der Waals surface area contributed by atoms with Crippen molar-refractivity contribution in [2.24, 2.45) is 0 Å². The average molecular weight is 771 g/mol. The first-order valence-electron chi connectivity index (χ1n) is 14.1. The molecule has 0 aliphatic rings. The zero-order chi connectivity index (χ0) is 37.9. The van der Waals surface area contributed by atoms with Crippen LogP contribution in [0.25, 0.3) is 0 Å². The molecule has 0 radical (unpaired) electrons. The SMILES string of the molecule is CC(C)(C)c1ccc(P(c2ccccc2)c2ccccc2)cc1.C[P+](C)(C)c1ccccc1.O=S(=O)(O)C(F)(F)F.O=S(=O)([O-])C(F)(F)F. The van der Waals surface area contributed by atoms with Gasteiger partial charge in [-0.3, -0.25) is 4.55 Å². The molecule has 1 N–H and O–H groups in total. The lowest BCUT2D eigenvalue weighted by Gasteiger charge is -2.22. The molecule has 0 heterocycles. The largest absolute Gasteiger partial charge is 0.741 e. The normalized spacial score (nSPS) is 12.4. The van der Waals surface area contributed by atoms with Crippen LogP contribution in [0.1, 0.15) is 26.3 Å². The molecular formula is C33H38F6O6P2S2. The van der Waals surface area contributed by atoms with Gasteiger partial charge in [-0.2, -0.15) is 34.8 Å². The molecule has 0 saturated carbocycles. The van der Waals surface area contributed by atoms with Gasteiger partial charge in [-0.25, -0.2) is 8.42 Å². The van der Waals surface area contributed by atoms with Gasteiger partial charge in [-0.05, 0) is 46.9 Å². The molecule has 16 heteroatoms. The Labute approximate surface area is 286 Å². The van der Waals surface area contributed by atoms with Crippen LogP contribution < -0.4 is 21.2 Å². The first-order valence-corrected chi connectivity index (χ1v) is 21.4. The van der Waals surface area contributed by atoms with Crippen molar-refractivity contribution in [1.29, 1.82) is 0 Å². The lowest BCUT2D eigenvalue weighted by molar-refractivity contribution is -0.0519. The Balaban J connectivity index is 0.000000382. The summed E-state index contributed by atoms with van der Waals surface area (Å²) < 4.78 is 116. The summed E-state index contributed by atoms with van der Waals surface area (Å²) in [6.45, 7) is 13.8. The molecule has 270 valence electrons. The van der Waals surface area contributed by atoms with Crippen molar-refractivity contribution >= 4 is 56.6 Å². The standard InChI is InChI=1S/C22H23P.C9H14P.2CHF3O3S/c1-22(2,3)18-14-16-21(17-15-18)23(19-10-6-4-7-11-19)20-12-8-5-9-13-20;1-10(2,3)9-7-5-4-6-8-9;2*2-1(3,4)8(5,6)7/h4-17H,1-3H3;4-8H,1-3H3;2*(H,5,6,7)/q;+1;;/p-1. The minimum atomic E-state index is -6.09. The van der Waals surface area contributed by atoms with E-state index in [1.165, 1.54) is 26.8 Å². The molecule has 0 atom stereocenters. The summed E-state index contributed by atoms with van der Waals surface area (Å²) in [6.07, 6.45) is 0. The molecule has 0 fully saturated rings. The second-order valence-electron chi connectivity index (χ2n) is 12.0. The zero-order valence-corrected chi connectivity index (χ0v) is 30.9. The number of hydrogen-bond donors (Lipinski definition) is 1. The van der Waals surface area contributed by atoms with Crippen molar-refractivity contribution in [3.8, 4) is 0 Å². The van der Waals surface area contributed by atoms with Crippen LogP contribution in [0.4, 0.5) is 26.3 Å². The lowest BCUT2D eigenvalue weighted by atomic mass is 9.87. The molecule has 0 aliphatic heterocycles. The Hall–Kier alpha value is -2.86. The van der Waals surface area contributed by atoms with Gasteiger partial charge in [0.2, 0.25) is 0 Å². The lowest BCUT2D eigenvalue weighted by Crippen LogP contribution is -2.21. The van der Waals surface area contributed by atoms with Gasteiger partial charge in [0.1, 0.15) is 0 Å². The third-order valence-electron chi connectivity index (χ3n) is 6.13. The average Bonchev–Trinajstić information content (AvgIpc) is 2.97. The fourth-order valence-corrected chi connectivity index (χ4v) is 6.94. The molecule has 4 aromatic rings. The minimum Gasteiger partial charge on any atom is -0.741 e. The zero-order valence-electron chi connectivity index (χ0n) is 27.4. The second kappa shape index (κ2) is 17.9. The van der Waals surface area contributed by atoms with E-state index in [1.807, 2.05) is 0 Å². The molecule has 49 heavy (non-hydrogen) atoms. The molecule has 4 aromatic carbocycles. The van der Waals surface area contributed by atoms with Gasteiger partial charge < -0.3 is 4.55 Å². The van der Waals surface area contributed by atoms with E-state index in [0.29, 0.717) is 0 Å². The molecule has 4 rings (SSSR count). The van der Waals surface area contributed by atoms with Gasteiger partial charge in [0.25, 0.3) is 0 Å². The second-order valence-corrected chi connectivity index (χ2v) is 21.5. The number of alkyl halides is 6. The Kier molecular flexibility index (Phi) is 16.1. The number of hydrogen-bond acceptors (Lipinski definition) is 5. The van der Waals surface area contributed by atoms with E-state index < -0.39 is 46.4 Å². The first-order chi connectivity index (χ1) is 22.2. The van der Waals surface area contributed by atoms with E-state index in [4.69, 9.17) is 25.9 Å². The minimum absolute atomic E-state index is 0.195. The highest BCUT2D eigenvalue weighted by molar-refractivity contribution is 7.86. The van der Waals surface area contributed by atoms with E-state index >= 15 is 0 Å². The topological polar surface area (TPSA) is 112 Å². The summed E-state index contributed by atoms with van der Waals surface area (Å²) in [6, 6.07) is 41.6. The van der Waals surface area contributed by atoms with Gasteiger partial charge in [-0.1, -0.05) is 124 Å². The quantitative estimate of drug-likeness (QED) is 0.100. The van der Waals surface area contributed by atoms with Crippen molar-refractivity contribution in [3.63, 3.8) is 0 Å². The van der Waals surface area contributed by atoms with Crippen molar-refractivity contribution < 1.29 is 52.3 Å². The van der Waals surface area contributed by atoms with Gasteiger partial charge in [0.15, 0.2) is 10.1 Å². The predicted molar refractivity (Wildman–Crippen MR) is 188 cm³/mol. The maximum absolute atomic E-state index is 10.7. The van der Waals surface area contributed by atoms with Crippen LogP contribution in [0.2, 0.25) is 0 Å². The van der Waals surface area contributed by atoms with E-state index in [0.717, 1.165) is 0 Å². The molecule has 0 aromatic heterocycles. The van der Waals surface area contributed by atoms with Gasteiger partial charge in [0.05, 0.1) is 25.3 Å². The van der Waals surface area contributed by atoms with Crippen molar-refractivity contribution in [1.82, 2.24) is 0 Å². The van der Waals surface area contributed by atoms with E-state index in [-0.39, 0.29) is 5.41 Å². The summed E-state index contributed by atoms with van der Waals surface area (Å²) in [5, 5.41) is 5.72. The Morgan fingerprint density at radius 2 is 0.857 bits per heavy atom. The highest BCUT2D eigenvalue weighted by atomic mass is 32.2. The molecule has 0 bridgehead atoms. The highest BCUT2D eigenvalue weighted by Gasteiger charge is 2.44. The smallest absolute Gasteiger partial charge is 0.522 e. The van der Waals surface area contributed by atoms with Crippen molar-refractivity contribution in [3.05, 3.63) is 121 Å². The fraction of sp³-hybridized carbons (Fsp3) is 0.273. The highest BCUT2D eigenvalue weighted by Crippen LogP contribution is 2.44. The fourth-order valence-electron chi connectivity index (χ4n) is 3.59. The van der Waals surface area contributed by atoms with E-state index in [9.17, 15) is 26.3 Å². The summed E-state index contributed by atoms with van der Waals surface area (Å²) in [7, 11) is -13.2.